The maximum atomic E-state index is 0. The van der Waals surface area contributed by atoms with Crippen LogP contribution >= 0.6 is 0 Å². The Morgan fingerprint density at radius 1 is 0.750 bits per heavy atom. The Bertz CT molecular complexity index is 6.00. The zero-order valence-electron chi connectivity index (χ0n) is 1.60. The molecule has 0 saturated carbocycles. The fourth-order valence-corrected chi connectivity index (χ4v) is 0. The first-order valence-corrected chi connectivity index (χ1v) is 0. The zero-order valence-corrected chi connectivity index (χ0v) is 3.81. The Labute approximate surface area is 70.7 Å². The van der Waals surface area contributed by atoms with E-state index in [0.717, 1.165) is 0 Å². The van der Waals surface area contributed by atoms with Gasteiger partial charge in [0.2, 0.25) is 0 Å². The van der Waals surface area contributed by atoms with Gasteiger partial charge in [-0.2, -0.15) is 0 Å². The maximum absolute atomic E-state index is 0. The third kappa shape index (κ3) is 9.04. The van der Waals surface area contributed by atoms with Crippen LogP contribution in [0.15, 0.2) is 0 Å². The summed E-state index contributed by atoms with van der Waals surface area (Å²) in [4.78, 5) is 0. The molecule has 0 aromatic rings. The first-order valence-electron chi connectivity index (χ1n) is 0. The smallest absolute Gasteiger partial charge is 0.870 e. The second-order valence-electron chi connectivity index (χ2n) is 0. The zero-order chi connectivity index (χ0) is 0. The third-order valence-corrected chi connectivity index (χ3v) is 0. The molecule has 0 aromatic carbocycles. The molecule has 4 heteroatoms. The molecule has 2 N–H and O–H groups in total. The molecule has 0 aliphatic heterocycles. The van der Waals surface area contributed by atoms with Crippen LogP contribution in [0.1, 0.15) is 0 Å². The van der Waals surface area contributed by atoms with Crippen molar-refractivity contribution in [1.29, 1.82) is 0 Å². The van der Waals surface area contributed by atoms with Crippen LogP contribution in [0.4, 0.5) is 0 Å². The Morgan fingerprint density at radius 3 is 0.750 bits per heavy atom. The van der Waals surface area contributed by atoms with Crippen LogP contribution in [0.25, 0.3) is 0 Å². The Hall–Kier alpha value is 1.95. The first kappa shape index (κ1) is 38.4. The molecule has 0 bridgehead atoms. The minimum Gasteiger partial charge on any atom is -0.870 e. The second-order valence-corrected chi connectivity index (χ2v) is 0. The summed E-state index contributed by atoms with van der Waals surface area (Å²) in [7, 11) is 0. The SMILES string of the molecule is [Ca+2].[MgH2].[OH-].[OH-]. The summed E-state index contributed by atoms with van der Waals surface area (Å²) in [6.45, 7) is 0. The van der Waals surface area contributed by atoms with Crippen molar-refractivity contribution in [3.05, 3.63) is 0 Å². The quantitative estimate of drug-likeness (QED) is 0.343. The Morgan fingerprint density at radius 2 is 0.750 bits per heavy atom. The van der Waals surface area contributed by atoms with Crippen molar-refractivity contribution in [2.45, 2.75) is 0 Å². The topological polar surface area (TPSA) is 60.0 Å². The summed E-state index contributed by atoms with van der Waals surface area (Å²) < 4.78 is 0. The Kier molecular flexibility index (Phi) is 195. The van der Waals surface area contributed by atoms with Crippen LogP contribution in [-0.4, -0.2) is 71.7 Å². The predicted molar refractivity (Wildman–Crippen MR) is 18.2 cm³/mol. The molecule has 4 heavy (non-hydrogen) atoms. The molecule has 0 spiro atoms. The van der Waals surface area contributed by atoms with Crippen molar-refractivity contribution < 1.29 is 11.0 Å². The van der Waals surface area contributed by atoms with E-state index in [1.54, 1.807) is 0 Å². The van der Waals surface area contributed by atoms with E-state index >= 15 is 0 Å². The van der Waals surface area contributed by atoms with Gasteiger partial charge >= 0.3 is 60.8 Å². The van der Waals surface area contributed by atoms with E-state index in [2.05, 4.69) is 0 Å². The number of hydrogen-bond acceptors (Lipinski definition) is 2. The molecule has 0 aliphatic rings. The van der Waals surface area contributed by atoms with E-state index in [1.807, 2.05) is 0 Å². The monoisotopic (exact) mass is 100.0 g/mol. The largest absolute Gasteiger partial charge is 2.00 e. The van der Waals surface area contributed by atoms with Crippen molar-refractivity contribution in [3.63, 3.8) is 0 Å². The van der Waals surface area contributed by atoms with E-state index in [9.17, 15) is 0 Å². The maximum Gasteiger partial charge on any atom is 2.00 e. The van der Waals surface area contributed by atoms with E-state index in [1.165, 1.54) is 0 Å². The molecule has 0 saturated heterocycles. The molecular weight excluding hydrogens is 96.4 g/mol. The molecule has 0 heterocycles. The van der Waals surface area contributed by atoms with Gasteiger partial charge in [-0.25, -0.2) is 0 Å². The van der Waals surface area contributed by atoms with Gasteiger partial charge in [0.25, 0.3) is 0 Å². The fourth-order valence-electron chi connectivity index (χ4n) is 0. The molecule has 20 valence electrons. The second kappa shape index (κ2) is 20.3. The van der Waals surface area contributed by atoms with Crippen molar-refractivity contribution in [2.75, 3.05) is 0 Å². The average molecular weight is 100 g/mol. The van der Waals surface area contributed by atoms with E-state index in [4.69, 9.17) is 0 Å². The van der Waals surface area contributed by atoms with Crippen LogP contribution in [-0.2, 0) is 0 Å². The molecule has 2 nitrogen and oxygen atoms in total. The molecule has 0 radical (unpaired) electrons. The third-order valence-electron chi connectivity index (χ3n) is 0. The number of hydrogen-bond donors (Lipinski definition) is 0. The first-order chi connectivity index (χ1) is 0. The van der Waals surface area contributed by atoms with Gasteiger partial charge in [-0.05, 0) is 0 Å². The van der Waals surface area contributed by atoms with Crippen LogP contribution in [0.5, 0.6) is 0 Å². The van der Waals surface area contributed by atoms with Gasteiger partial charge in [0.15, 0.2) is 0 Å². The van der Waals surface area contributed by atoms with Gasteiger partial charge in [-0.3, -0.25) is 0 Å². The summed E-state index contributed by atoms with van der Waals surface area (Å²) in [6.07, 6.45) is 0. The van der Waals surface area contributed by atoms with Crippen LogP contribution in [0.3, 0.4) is 0 Å². The molecule has 0 aliphatic carbocycles. The van der Waals surface area contributed by atoms with Crippen LogP contribution in [0.2, 0.25) is 0 Å². The van der Waals surface area contributed by atoms with Gasteiger partial charge in [0, 0.05) is 0 Å². The Balaban J connectivity index is 0. The van der Waals surface area contributed by atoms with Crippen molar-refractivity contribution in [3.8, 4) is 0 Å². The van der Waals surface area contributed by atoms with Crippen molar-refractivity contribution in [2.24, 2.45) is 0 Å². The predicted octanol–water partition coefficient (Wildman–Crippen LogP) is -1.65. The standard InChI is InChI=1S/Ca.Mg.2H2O.2H/h;;2*1H2;;/q+2;;;;;/p-2. The molecule has 0 unspecified atom stereocenters. The molecule has 0 aromatic heterocycles. The van der Waals surface area contributed by atoms with Gasteiger partial charge in [0.1, 0.15) is 0 Å². The average Bonchev–Trinajstić information content (AvgIpc) is 0. The van der Waals surface area contributed by atoms with Gasteiger partial charge in [0.05, 0.1) is 0 Å². The molecule has 0 atom stereocenters. The molecule has 0 rings (SSSR count). The molecular formula is H4CaMgO2. The summed E-state index contributed by atoms with van der Waals surface area (Å²) in [5.74, 6) is 0. The summed E-state index contributed by atoms with van der Waals surface area (Å²) >= 11 is 0. The van der Waals surface area contributed by atoms with Gasteiger partial charge in [-0.15, -0.1) is 0 Å². The van der Waals surface area contributed by atoms with E-state index in [0.29, 0.717) is 0 Å². The van der Waals surface area contributed by atoms with Gasteiger partial charge < -0.3 is 11.0 Å². The van der Waals surface area contributed by atoms with E-state index < -0.39 is 0 Å². The van der Waals surface area contributed by atoms with Gasteiger partial charge in [-0.1, -0.05) is 0 Å². The normalized spacial score (nSPS) is 0. The summed E-state index contributed by atoms with van der Waals surface area (Å²) in [5.41, 5.74) is 0. The minimum absolute atomic E-state index is 0. The van der Waals surface area contributed by atoms with E-state index in [-0.39, 0.29) is 71.7 Å². The van der Waals surface area contributed by atoms with Crippen LogP contribution < -0.4 is 0 Å². The number of rotatable bonds is 0. The minimum atomic E-state index is 0. The fraction of sp³-hybridized carbons (Fsp3) is 0. The van der Waals surface area contributed by atoms with Crippen molar-refractivity contribution in [1.82, 2.24) is 0 Å². The van der Waals surface area contributed by atoms with Crippen molar-refractivity contribution >= 4 is 60.8 Å². The van der Waals surface area contributed by atoms with Crippen LogP contribution in [0, 0.1) is 0 Å². The molecule has 0 amide bonds. The molecule has 0 fully saturated rings. The summed E-state index contributed by atoms with van der Waals surface area (Å²) in [5, 5.41) is 0. The summed E-state index contributed by atoms with van der Waals surface area (Å²) in [6, 6.07) is 0.